The molecule has 1 aromatic carbocycles. The van der Waals surface area contributed by atoms with Crippen LogP contribution in [-0.2, 0) is 4.79 Å². The molecule has 36 heavy (non-hydrogen) atoms. The maximum atomic E-state index is 13.5. The molecule has 0 aliphatic heterocycles. The third-order valence-corrected chi connectivity index (χ3v) is 7.58. The first kappa shape index (κ1) is 26.0. The summed E-state index contributed by atoms with van der Waals surface area (Å²) < 4.78 is 6.68. The zero-order valence-electron chi connectivity index (χ0n) is 21.7. The van der Waals surface area contributed by atoms with E-state index in [9.17, 15) is 14.7 Å². The van der Waals surface area contributed by atoms with Crippen LogP contribution in [0.4, 0.5) is 10.6 Å². The molecule has 4 rings (SSSR count). The monoisotopic (exact) mass is 493 g/mol. The molecule has 1 amide bonds. The second kappa shape index (κ2) is 11.8. The highest BCUT2D eigenvalue weighted by atomic mass is 16.7. The Morgan fingerprint density at radius 2 is 1.72 bits per heavy atom. The molecule has 0 unspecified atom stereocenters. The van der Waals surface area contributed by atoms with Crippen molar-refractivity contribution in [1.82, 2.24) is 9.78 Å². The van der Waals surface area contributed by atoms with Gasteiger partial charge in [0.05, 0.1) is 11.9 Å². The van der Waals surface area contributed by atoms with Gasteiger partial charge in [0, 0.05) is 12.0 Å². The van der Waals surface area contributed by atoms with Crippen LogP contribution in [0.2, 0.25) is 0 Å². The van der Waals surface area contributed by atoms with Gasteiger partial charge in [0.15, 0.2) is 5.75 Å². The van der Waals surface area contributed by atoms with Gasteiger partial charge >= 0.3 is 6.16 Å². The number of amides is 1. The van der Waals surface area contributed by atoms with E-state index in [1.165, 1.54) is 32.1 Å². The summed E-state index contributed by atoms with van der Waals surface area (Å²) in [4.78, 5) is 26.6. The largest absolute Gasteiger partial charge is 0.511 e. The van der Waals surface area contributed by atoms with Gasteiger partial charge in [0.1, 0.15) is 0 Å². The average Bonchev–Trinajstić information content (AvgIpc) is 3.26. The Morgan fingerprint density at radius 3 is 2.33 bits per heavy atom. The SMILES string of the molecule is CC(C)N(c1nn(-c2ccc(/C=C/C3CCCCC3)cc2)cc1OC(=O)O)C(=O)[C@H]1CC[C@H](C)CC1. The minimum atomic E-state index is -1.43. The number of rotatable bonds is 7. The van der Waals surface area contributed by atoms with Gasteiger partial charge in [-0.3, -0.25) is 9.69 Å². The quantitative estimate of drug-likeness (QED) is 0.416. The maximum absolute atomic E-state index is 13.5. The summed E-state index contributed by atoms with van der Waals surface area (Å²) in [7, 11) is 0. The number of benzene rings is 1. The number of carbonyl (C=O) groups is 2. The molecule has 0 atom stereocenters. The summed E-state index contributed by atoms with van der Waals surface area (Å²) in [5.74, 6) is 1.51. The molecule has 0 saturated heterocycles. The summed E-state index contributed by atoms with van der Waals surface area (Å²) in [6.07, 6.45) is 14.8. The van der Waals surface area contributed by atoms with E-state index in [4.69, 9.17) is 4.74 Å². The smallest absolute Gasteiger partial charge is 0.449 e. The van der Waals surface area contributed by atoms with E-state index >= 15 is 0 Å². The van der Waals surface area contributed by atoms with Crippen LogP contribution in [0.25, 0.3) is 11.8 Å². The van der Waals surface area contributed by atoms with Crippen molar-refractivity contribution in [2.75, 3.05) is 4.90 Å². The van der Waals surface area contributed by atoms with Crippen LogP contribution >= 0.6 is 0 Å². The van der Waals surface area contributed by atoms with Gasteiger partial charge in [-0.1, -0.05) is 50.5 Å². The number of anilines is 1. The van der Waals surface area contributed by atoms with Crippen molar-refractivity contribution in [3.63, 3.8) is 0 Å². The van der Waals surface area contributed by atoms with Crippen LogP contribution in [0.5, 0.6) is 5.75 Å². The van der Waals surface area contributed by atoms with Crippen LogP contribution in [0, 0.1) is 17.8 Å². The number of allylic oxidation sites excluding steroid dienone is 1. The lowest BCUT2D eigenvalue weighted by atomic mass is 9.82. The highest BCUT2D eigenvalue weighted by Gasteiger charge is 2.34. The number of aromatic nitrogens is 2. The molecular formula is C29H39N3O4. The number of hydrogen-bond donors (Lipinski definition) is 1. The van der Waals surface area contributed by atoms with Crippen molar-refractivity contribution in [2.24, 2.45) is 17.8 Å². The van der Waals surface area contributed by atoms with E-state index in [1.807, 2.05) is 38.1 Å². The van der Waals surface area contributed by atoms with E-state index < -0.39 is 6.16 Å². The van der Waals surface area contributed by atoms with Crippen LogP contribution in [0.3, 0.4) is 0 Å². The van der Waals surface area contributed by atoms with Crippen molar-refractivity contribution in [3.05, 3.63) is 42.1 Å². The molecule has 2 aliphatic rings. The van der Waals surface area contributed by atoms with Gasteiger partial charge in [0.2, 0.25) is 11.7 Å². The van der Waals surface area contributed by atoms with Gasteiger partial charge in [-0.2, -0.15) is 0 Å². The van der Waals surface area contributed by atoms with Crippen molar-refractivity contribution in [1.29, 1.82) is 0 Å². The Bertz CT molecular complexity index is 1060. The van der Waals surface area contributed by atoms with Crippen molar-refractivity contribution >= 4 is 24.0 Å². The maximum Gasteiger partial charge on any atom is 0.511 e. The fraction of sp³-hybridized carbons (Fsp3) is 0.552. The van der Waals surface area contributed by atoms with Gasteiger partial charge in [-0.05, 0) is 81.9 Å². The normalized spacial score (nSPS) is 21.1. The van der Waals surface area contributed by atoms with Crippen LogP contribution < -0.4 is 9.64 Å². The molecule has 1 heterocycles. The first-order valence-corrected chi connectivity index (χ1v) is 13.4. The molecule has 2 fully saturated rings. The molecule has 2 aliphatic carbocycles. The summed E-state index contributed by atoms with van der Waals surface area (Å²) in [6.45, 7) is 6.05. The fourth-order valence-corrected chi connectivity index (χ4v) is 5.43. The molecule has 1 N–H and O–H groups in total. The number of ether oxygens (including phenoxy) is 1. The third kappa shape index (κ3) is 6.37. The second-order valence-electron chi connectivity index (χ2n) is 10.7. The van der Waals surface area contributed by atoms with Crippen molar-refractivity contribution < 1.29 is 19.4 Å². The summed E-state index contributed by atoms with van der Waals surface area (Å²) in [5.41, 5.74) is 1.89. The van der Waals surface area contributed by atoms with E-state index in [2.05, 4.69) is 24.2 Å². The third-order valence-electron chi connectivity index (χ3n) is 7.58. The second-order valence-corrected chi connectivity index (χ2v) is 10.7. The summed E-state index contributed by atoms with van der Waals surface area (Å²) >= 11 is 0. The number of nitrogens with zero attached hydrogens (tertiary/aromatic N) is 3. The molecule has 7 heteroatoms. The Balaban J connectivity index is 1.58. The predicted molar refractivity (Wildman–Crippen MR) is 142 cm³/mol. The van der Waals surface area contributed by atoms with Crippen LogP contribution in [0.1, 0.15) is 84.1 Å². The molecule has 0 radical (unpaired) electrons. The zero-order chi connectivity index (χ0) is 25.7. The minimum absolute atomic E-state index is 0.0133. The molecule has 1 aromatic heterocycles. The summed E-state index contributed by atoms with van der Waals surface area (Å²) in [5, 5.41) is 14.0. The highest BCUT2D eigenvalue weighted by molar-refractivity contribution is 5.96. The molecule has 2 saturated carbocycles. The molecule has 2 aromatic rings. The highest BCUT2D eigenvalue weighted by Crippen LogP contribution is 2.35. The lowest BCUT2D eigenvalue weighted by Gasteiger charge is -2.32. The predicted octanol–water partition coefficient (Wildman–Crippen LogP) is 7.09. The van der Waals surface area contributed by atoms with Gasteiger partial charge < -0.3 is 9.84 Å². The van der Waals surface area contributed by atoms with E-state index in [-0.39, 0.29) is 29.4 Å². The lowest BCUT2D eigenvalue weighted by molar-refractivity contribution is -0.124. The minimum Gasteiger partial charge on any atom is -0.449 e. The fourth-order valence-electron chi connectivity index (χ4n) is 5.43. The number of hydrogen-bond acceptors (Lipinski definition) is 4. The number of carboxylic acid groups (broad SMARTS) is 1. The Hall–Kier alpha value is -3.09. The van der Waals surface area contributed by atoms with Gasteiger partial charge in [-0.25, -0.2) is 9.48 Å². The standard InChI is InChI=1S/C29H39N3O4/c1-20(2)32(28(33)24-15-9-21(3)10-16-24)27-26(36-29(34)35)19-31(30-27)25-17-13-23(14-18-25)12-11-22-7-5-4-6-8-22/h11-14,17-22,24H,4-10,15-16H2,1-3H3,(H,34,35)/b12-11+/t21-,24-. The zero-order valence-corrected chi connectivity index (χ0v) is 21.7. The van der Waals surface area contributed by atoms with Crippen LogP contribution in [0.15, 0.2) is 36.5 Å². The molecular weight excluding hydrogens is 454 g/mol. The first-order valence-electron chi connectivity index (χ1n) is 13.4. The van der Waals surface area contributed by atoms with Gasteiger partial charge in [-0.15, -0.1) is 5.10 Å². The topological polar surface area (TPSA) is 84.7 Å². The summed E-state index contributed by atoms with van der Waals surface area (Å²) in [6, 6.07) is 7.77. The first-order chi connectivity index (χ1) is 17.3. The Labute approximate surface area is 214 Å². The molecule has 194 valence electrons. The van der Waals surface area contributed by atoms with E-state index in [0.717, 1.165) is 36.9 Å². The average molecular weight is 494 g/mol. The van der Waals surface area contributed by atoms with Crippen LogP contribution in [-0.4, -0.2) is 33.0 Å². The Kier molecular flexibility index (Phi) is 8.49. The van der Waals surface area contributed by atoms with Gasteiger partial charge in [0.25, 0.3) is 0 Å². The number of carbonyl (C=O) groups excluding carboxylic acids is 1. The molecule has 0 bridgehead atoms. The lowest BCUT2D eigenvalue weighted by Crippen LogP contribution is -2.42. The van der Waals surface area contributed by atoms with Crippen molar-refractivity contribution in [3.8, 4) is 11.4 Å². The van der Waals surface area contributed by atoms with E-state index in [0.29, 0.717) is 11.8 Å². The van der Waals surface area contributed by atoms with E-state index in [1.54, 1.807) is 15.8 Å². The Morgan fingerprint density at radius 1 is 1.06 bits per heavy atom. The molecule has 7 nitrogen and oxygen atoms in total. The van der Waals surface area contributed by atoms with Crippen molar-refractivity contribution in [2.45, 2.75) is 84.6 Å². The molecule has 0 spiro atoms.